The molecule has 0 N–H and O–H groups in total. The second-order valence-corrected chi connectivity index (χ2v) is 15.5. The monoisotopic (exact) mass is 724 g/mol. The Kier molecular flexibility index (Phi) is 14.8. The predicted octanol–water partition coefficient (Wildman–Crippen LogP) is 5.51. The van der Waals surface area contributed by atoms with E-state index in [9.17, 15) is 0 Å². The maximum Gasteiger partial charge on any atom is -0.0623 e. The van der Waals surface area contributed by atoms with Gasteiger partial charge in [-0.2, -0.15) is 52.1 Å². The van der Waals surface area contributed by atoms with Crippen LogP contribution in [0.15, 0.2) is 103 Å². The van der Waals surface area contributed by atoms with Crippen molar-refractivity contribution in [1.82, 2.24) is 0 Å². The molecule has 0 nitrogen and oxygen atoms in total. The molecule has 0 atom stereocenters. The van der Waals surface area contributed by atoms with Crippen molar-refractivity contribution in [1.29, 1.82) is 0 Å². The Morgan fingerprint density at radius 2 is 1.28 bits per heavy atom. The Morgan fingerprint density at radius 1 is 0.717 bits per heavy atom. The van der Waals surface area contributed by atoms with E-state index in [0.717, 1.165) is 6.42 Å². The molecule has 0 radical (unpaired) electrons. The Balaban J connectivity index is 0.000000254. The van der Waals surface area contributed by atoms with Crippen molar-refractivity contribution >= 4 is 3.21 Å². The van der Waals surface area contributed by atoms with Crippen LogP contribution in [-0.4, -0.2) is 3.21 Å². The fourth-order valence-corrected chi connectivity index (χ4v) is 5.97. The average molecular weight is 727 g/mol. The first-order chi connectivity index (χ1) is 20.8. The second-order valence-electron chi connectivity index (χ2n) is 14.0. The Bertz CT molecular complexity index is 1640. The molecule has 1 aliphatic rings. The molecule has 0 spiro atoms. The quantitative estimate of drug-likeness (QED) is 0.211. The molecule has 3 heteroatoms. The zero-order valence-corrected chi connectivity index (χ0v) is 33.0. The summed E-state index contributed by atoms with van der Waals surface area (Å²) in [6.07, 6.45) is 2.21. The first kappa shape index (κ1) is 39.7. The maximum atomic E-state index is 3.53. The van der Waals surface area contributed by atoms with Crippen LogP contribution in [0.25, 0.3) is 22.3 Å². The number of hydrogen-bond donors (Lipinski definition) is 0. The van der Waals surface area contributed by atoms with E-state index in [2.05, 4.69) is 172 Å². The summed E-state index contributed by atoms with van der Waals surface area (Å²) in [7, 11) is 0. The molecule has 0 saturated carbocycles. The number of fused-ring (bicyclic) bond motifs is 3. The van der Waals surface area contributed by atoms with Gasteiger partial charge >= 0.3 is 76.7 Å². The van der Waals surface area contributed by atoms with Crippen LogP contribution in [0.2, 0.25) is 0 Å². The molecule has 0 saturated heterocycles. The minimum atomic E-state index is 0. The fourth-order valence-electron chi connectivity index (χ4n) is 5.56. The van der Waals surface area contributed by atoms with Crippen molar-refractivity contribution in [2.75, 3.05) is 0 Å². The van der Waals surface area contributed by atoms with E-state index in [0.29, 0.717) is 0 Å². The number of hydrogen-bond acceptors (Lipinski definition) is 0. The molecule has 0 fully saturated rings. The zero-order chi connectivity index (χ0) is 32.1. The summed E-state index contributed by atoms with van der Waals surface area (Å²) in [4.78, 5) is 0. The number of aryl methyl sites for hydroxylation is 2. The molecule has 0 aliphatic heterocycles. The summed E-state index contributed by atoms with van der Waals surface area (Å²) in [6, 6.07) is 40.6. The van der Waals surface area contributed by atoms with Crippen molar-refractivity contribution < 1.29 is 49.0 Å². The van der Waals surface area contributed by atoms with Gasteiger partial charge in [0.15, 0.2) is 0 Å². The molecule has 5 aromatic rings. The molecule has 46 heavy (non-hydrogen) atoms. The molecule has 240 valence electrons. The molecule has 0 bridgehead atoms. The van der Waals surface area contributed by atoms with Crippen molar-refractivity contribution in [2.24, 2.45) is 0 Å². The van der Waals surface area contributed by atoms with Gasteiger partial charge < -0.3 is 24.8 Å². The van der Waals surface area contributed by atoms with E-state index in [1.807, 2.05) is 0 Å². The maximum absolute atomic E-state index is 3.53. The number of benzene rings is 4. The molecule has 0 amide bonds. The normalized spacial score (nSPS) is 11.4. The van der Waals surface area contributed by atoms with Crippen LogP contribution in [0.5, 0.6) is 0 Å². The van der Waals surface area contributed by atoms with E-state index in [1.54, 1.807) is 3.21 Å². The van der Waals surface area contributed by atoms with Crippen LogP contribution >= 0.6 is 0 Å². The fraction of sp³-hybridized carbons (Fsp3) is 0.302. The third-order valence-electron chi connectivity index (χ3n) is 8.33. The molecule has 0 heterocycles. The SMILES string of the molecule is CC(C)(C)c1c[c-]c2c(c1)-c1cc(C(C)(C)C)ccc1C2.CC[C](=[Zr+2])c1ccccc1.Cc1cc(-c2ccccc2)c(C)[cH-]1.[Cl-].[Cl-]. The van der Waals surface area contributed by atoms with Crippen LogP contribution in [0.4, 0.5) is 0 Å². The van der Waals surface area contributed by atoms with E-state index < -0.39 is 0 Å². The van der Waals surface area contributed by atoms with Crippen molar-refractivity contribution in [2.45, 2.75) is 86.0 Å². The Hall–Kier alpha value is -2.44. The van der Waals surface area contributed by atoms with Gasteiger partial charge in [0.1, 0.15) is 0 Å². The predicted molar refractivity (Wildman–Crippen MR) is 189 cm³/mol. The van der Waals surface area contributed by atoms with Crippen LogP contribution in [0.1, 0.15) is 93.8 Å². The van der Waals surface area contributed by atoms with Crippen LogP contribution in [-0.2, 0) is 41.5 Å². The molecular weight excluding hydrogens is 679 g/mol. The van der Waals surface area contributed by atoms with Crippen LogP contribution < -0.4 is 24.8 Å². The molecular formula is C43H48Cl2Zr-2. The van der Waals surface area contributed by atoms with Gasteiger partial charge in [0.05, 0.1) is 0 Å². The molecule has 5 aromatic carbocycles. The molecule has 1 aliphatic carbocycles. The summed E-state index contributed by atoms with van der Waals surface area (Å²) >= 11 is 1.54. The number of halogens is 2. The number of rotatable bonds is 3. The van der Waals surface area contributed by atoms with Gasteiger partial charge in [0.25, 0.3) is 0 Å². The largest absolute Gasteiger partial charge is 1.00 e. The van der Waals surface area contributed by atoms with E-state index in [1.165, 1.54) is 91.9 Å². The smallest absolute Gasteiger partial charge is 0.0623 e. The van der Waals surface area contributed by atoms with Gasteiger partial charge in [-0.15, -0.1) is 5.56 Å². The summed E-state index contributed by atoms with van der Waals surface area (Å²) in [5.74, 6) is 0. The zero-order valence-electron chi connectivity index (χ0n) is 29.0. The van der Waals surface area contributed by atoms with Crippen LogP contribution in [0.3, 0.4) is 0 Å². The first-order valence-corrected chi connectivity index (χ1v) is 17.1. The van der Waals surface area contributed by atoms with Crippen molar-refractivity contribution in [3.05, 3.63) is 148 Å². The third-order valence-corrected chi connectivity index (χ3v) is 9.91. The Morgan fingerprint density at radius 3 is 1.80 bits per heavy atom. The standard InChI is InChI=1S/C21H25.C13H13.C9H10.2ClH.Zr/c1-20(2,3)16-9-7-14-11-15-8-10-17(21(4,5)6)13-19(15)18(14)12-16;1-10-8-11(2)13(9-10)12-6-4-3-5-7-12;1-2-6-9-7-4-3-5-8-9;;;/h7,9-10,12-13H,11H2,1-6H3;3-9H,1-2H3;3-5,7-8H,2H2,1H3;2*1H;/q2*-1;;;;+2/p-2. The topological polar surface area (TPSA) is 0 Å². The summed E-state index contributed by atoms with van der Waals surface area (Å²) < 4.78 is 1.55. The third kappa shape index (κ3) is 10.3. The second kappa shape index (κ2) is 17.1. The minimum Gasteiger partial charge on any atom is -1.00 e. The Labute approximate surface area is 306 Å². The summed E-state index contributed by atoms with van der Waals surface area (Å²) in [5, 5.41) is 0. The van der Waals surface area contributed by atoms with Gasteiger partial charge in [-0.1, -0.05) is 126 Å². The van der Waals surface area contributed by atoms with E-state index in [-0.39, 0.29) is 35.6 Å². The summed E-state index contributed by atoms with van der Waals surface area (Å²) in [6.45, 7) is 20.1. The van der Waals surface area contributed by atoms with Gasteiger partial charge in [-0.3, -0.25) is 0 Å². The van der Waals surface area contributed by atoms with Gasteiger partial charge in [-0.25, -0.2) is 6.07 Å². The van der Waals surface area contributed by atoms with E-state index in [4.69, 9.17) is 0 Å². The van der Waals surface area contributed by atoms with Crippen LogP contribution in [0, 0.1) is 19.9 Å². The minimum absolute atomic E-state index is 0. The average Bonchev–Trinajstić information content (AvgIpc) is 3.55. The van der Waals surface area contributed by atoms with E-state index >= 15 is 0 Å². The van der Waals surface area contributed by atoms with Gasteiger partial charge in [-0.05, 0) is 17.4 Å². The van der Waals surface area contributed by atoms with Gasteiger partial charge in [0, 0.05) is 0 Å². The molecule has 0 aromatic heterocycles. The summed E-state index contributed by atoms with van der Waals surface area (Å²) in [5.41, 5.74) is 15.5. The molecule has 0 unspecified atom stereocenters. The van der Waals surface area contributed by atoms with Gasteiger partial charge in [0.2, 0.25) is 0 Å². The van der Waals surface area contributed by atoms with Crippen molar-refractivity contribution in [3.63, 3.8) is 0 Å². The molecule has 6 rings (SSSR count). The first-order valence-electron chi connectivity index (χ1n) is 15.9. The van der Waals surface area contributed by atoms with Crippen molar-refractivity contribution in [3.8, 4) is 22.3 Å².